The SMILES string of the molecule is CCSCC(C)NC1CC(c2ccccc2C)C1. The third kappa shape index (κ3) is 3.52. The fraction of sp³-hybridized carbons (Fsp3) is 0.625. The van der Waals surface area contributed by atoms with Gasteiger partial charge >= 0.3 is 0 Å². The van der Waals surface area contributed by atoms with E-state index in [9.17, 15) is 0 Å². The van der Waals surface area contributed by atoms with E-state index in [1.165, 1.54) is 29.9 Å². The van der Waals surface area contributed by atoms with Gasteiger partial charge in [0.2, 0.25) is 0 Å². The molecule has 0 aliphatic heterocycles. The summed E-state index contributed by atoms with van der Waals surface area (Å²) in [4.78, 5) is 0. The monoisotopic (exact) mass is 263 g/mol. The van der Waals surface area contributed by atoms with Crippen molar-refractivity contribution in [1.82, 2.24) is 5.32 Å². The molecule has 0 saturated heterocycles. The van der Waals surface area contributed by atoms with E-state index in [0.29, 0.717) is 6.04 Å². The van der Waals surface area contributed by atoms with Crippen LogP contribution in [0.1, 0.15) is 43.7 Å². The van der Waals surface area contributed by atoms with Gasteiger partial charge in [0, 0.05) is 17.8 Å². The third-order valence-electron chi connectivity index (χ3n) is 3.86. The smallest absolute Gasteiger partial charge is 0.0132 e. The molecule has 1 nitrogen and oxygen atoms in total. The predicted octanol–water partition coefficient (Wildman–Crippen LogP) is 3.97. The van der Waals surface area contributed by atoms with E-state index in [1.54, 1.807) is 5.56 Å². The number of hydrogen-bond acceptors (Lipinski definition) is 2. The van der Waals surface area contributed by atoms with E-state index >= 15 is 0 Å². The first-order valence-corrected chi connectivity index (χ1v) is 8.25. The first-order valence-electron chi connectivity index (χ1n) is 7.10. The Balaban J connectivity index is 1.75. The summed E-state index contributed by atoms with van der Waals surface area (Å²) >= 11 is 2.03. The van der Waals surface area contributed by atoms with Crippen LogP contribution in [0.2, 0.25) is 0 Å². The summed E-state index contributed by atoms with van der Waals surface area (Å²) < 4.78 is 0. The van der Waals surface area contributed by atoms with Crippen LogP contribution in [-0.4, -0.2) is 23.6 Å². The Hall–Kier alpha value is -0.470. The highest BCUT2D eigenvalue weighted by Gasteiger charge is 2.31. The Morgan fingerprint density at radius 3 is 2.72 bits per heavy atom. The molecular formula is C16H25NS. The third-order valence-corrected chi connectivity index (χ3v) is 5.00. The Bertz CT molecular complexity index is 371. The first kappa shape index (κ1) is 14.0. The van der Waals surface area contributed by atoms with Crippen LogP contribution >= 0.6 is 11.8 Å². The van der Waals surface area contributed by atoms with Gasteiger partial charge < -0.3 is 5.32 Å². The van der Waals surface area contributed by atoms with Crippen LogP contribution in [0.3, 0.4) is 0 Å². The maximum absolute atomic E-state index is 3.75. The molecule has 1 atom stereocenters. The predicted molar refractivity (Wildman–Crippen MR) is 82.5 cm³/mol. The molecule has 100 valence electrons. The molecule has 1 unspecified atom stereocenters. The quantitative estimate of drug-likeness (QED) is 0.833. The number of nitrogens with one attached hydrogen (secondary N) is 1. The molecule has 1 aromatic carbocycles. The van der Waals surface area contributed by atoms with E-state index in [0.717, 1.165) is 12.0 Å². The van der Waals surface area contributed by atoms with Crippen LogP contribution in [0.5, 0.6) is 0 Å². The largest absolute Gasteiger partial charge is 0.311 e. The fourth-order valence-electron chi connectivity index (χ4n) is 2.80. The summed E-state index contributed by atoms with van der Waals surface area (Å²) in [7, 11) is 0. The fourth-order valence-corrected chi connectivity index (χ4v) is 3.48. The lowest BCUT2D eigenvalue weighted by atomic mass is 9.74. The lowest BCUT2D eigenvalue weighted by Gasteiger charge is -2.38. The van der Waals surface area contributed by atoms with Crippen LogP contribution in [0.25, 0.3) is 0 Å². The number of rotatable bonds is 6. The second-order valence-electron chi connectivity index (χ2n) is 5.45. The zero-order valence-electron chi connectivity index (χ0n) is 11.8. The minimum Gasteiger partial charge on any atom is -0.311 e. The van der Waals surface area contributed by atoms with Gasteiger partial charge in [-0.05, 0) is 49.5 Å². The van der Waals surface area contributed by atoms with Crippen molar-refractivity contribution < 1.29 is 0 Å². The first-order chi connectivity index (χ1) is 8.70. The van der Waals surface area contributed by atoms with Gasteiger partial charge in [-0.15, -0.1) is 0 Å². The number of aryl methyl sites for hydroxylation is 1. The highest BCUT2D eigenvalue weighted by atomic mass is 32.2. The summed E-state index contributed by atoms with van der Waals surface area (Å²) in [5.74, 6) is 3.25. The normalized spacial score (nSPS) is 24.6. The van der Waals surface area contributed by atoms with Crippen molar-refractivity contribution in [2.24, 2.45) is 0 Å². The number of thioether (sulfide) groups is 1. The van der Waals surface area contributed by atoms with Crippen molar-refractivity contribution >= 4 is 11.8 Å². The van der Waals surface area contributed by atoms with Crippen LogP contribution < -0.4 is 5.32 Å². The highest BCUT2D eigenvalue weighted by molar-refractivity contribution is 7.99. The molecule has 18 heavy (non-hydrogen) atoms. The van der Waals surface area contributed by atoms with Gasteiger partial charge in [0.15, 0.2) is 0 Å². The lowest BCUT2D eigenvalue weighted by Crippen LogP contribution is -2.45. The van der Waals surface area contributed by atoms with Crippen LogP contribution in [0.4, 0.5) is 0 Å². The molecule has 0 amide bonds. The maximum atomic E-state index is 3.75. The van der Waals surface area contributed by atoms with Crippen molar-refractivity contribution in [3.8, 4) is 0 Å². The molecule has 0 radical (unpaired) electrons. The second kappa shape index (κ2) is 6.63. The summed E-state index contributed by atoms with van der Waals surface area (Å²) in [6.45, 7) is 6.77. The molecule has 1 aliphatic rings. The summed E-state index contributed by atoms with van der Waals surface area (Å²) in [5.41, 5.74) is 3.02. The van der Waals surface area contributed by atoms with Crippen molar-refractivity contribution in [2.75, 3.05) is 11.5 Å². The van der Waals surface area contributed by atoms with Gasteiger partial charge in [0.25, 0.3) is 0 Å². The number of benzene rings is 1. The van der Waals surface area contributed by atoms with Crippen LogP contribution in [0, 0.1) is 6.92 Å². The van der Waals surface area contributed by atoms with Crippen molar-refractivity contribution in [3.63, 3.8) is 0 Å². The summed E-state index contributed by atoms with van der Waals surface area (Å²) in [5, 5.41) is 3.75. The molecule has 2 rings (SSSR count). The van der Waals surface area contributed by atoms with Gasteiger partial charge in [-0.25, -0.2) is 0 Å². The van der Waals surface area contributed by atoms with Gasteiger partial charge in [0.1, 0.15) is 0 Å². The molecule has 0 heterocycles. The van der Waals surface area contributed by atoms with E-state index in [4.69, 9.17) is 0 Å². The van der Waals surface area contributed by atoms with E-state index in [1.807, 2.05) is 11.8 Å². The molecule has 2 heteroatoms. The molecule has 1 aromatic rings. The summed E-state index contributed by atoms with van der Waals surface area (Å²) in [6, 6.07) is 10.2. The van der Waals surface area contributed by atoms with Gasteiger partial charge in [-0.2, -0.15) is 11.8 Å². The molecule has 1 N–H and O–H groups in total. The van der Waals surface area contributed by atoms with Crippen molar-refractivity contribution in [3.05, 3.63) is 35.4 Å². The van der Waals surface area contributed by atoms with Gasteiger partial charge in [0.05, 0.1) is 0 Å². The van der Waals surface area contributed by atoms with Crippen LogP contribution in [0.15, 0.2) is 24.3 Å². The minimum absolute atomic E-state index is 0.651. The second-order valence-corrected chi connectivity index (χ2v) is 6.77. The molecule has 0 bridgehead atoms. The molecule has 1 saturated carbocycles. The molecular weight excluding hydrogens is 238 g/mol. The molecule has 0 aromatic heterocycles. The lowest BCUT2D eigenvalue weighted by molar-refractivity contribution is 0.275. The van der Waals surface area contributed by atoms with E-state index < -0.39 is 0 Å². The Kier molecular flexibility index (Phi) is 5.13. The Morgan fingerprint density at radius 1 is 1.33 bits per heavy atom. The standard InChI is InChI=1S/C16H25NS/c1-4-18-11-13(3)17-15-9-14(10-15)16-8-6-5-7-12(16)2/h5-8,13-15,17H,4,9-11H2,1-3H3. The van der Waals surface area contributed by atoms with Crippen molar-refractivity contribution in [2.45, 2.75) is 51.6 Å². The van der Waals surface area contributed by atoms with Gasteiger partial charge in [-0.1, -0.05) is 31.2 Å². The van der Waals surface area contributed by atoms with E-state index in [-0.39, 0.29) is 0 Å². The van der Waals surface area contributed by atoms with Crippen LogP contribution in [-0.2, 0) is 0 Å². The Labute approximate surface area is 116 Å². The maximum Gasteiger partial charge on any atom is 0.0132 e. The molecule has 1 aliphatic carbocycles. The Morgan fingerprint density at radius 2 is 2.06 bits per heavy atom. The van der Waals surface area contributed by atoms with E-state index in [2.05, 4.69) is 50.4 Å². The average Bonchev–Trinajstić information content (AvgIpc) is 2.32. The zero-order valence-corrected chi connectivity index (χ0v) is 12.6. The highest BCUT2D eigenvalue weighted by Crippen LogP contribution is 2.38. The molecule has 1 fully saturated rings. The minimum atomic E-state index is 0.651. The number of hydrogen-bond donors (Lipinski definition) is 1. The van der Waals surface area contributed by atoms with Gasteiger partial charge in [-0.3, -0.25) is 0 Å². The molecule has 0 spiro atoms. The van der Waals surface area contributed by atoms with Crippen molar-refractivity contribution in [1.29, 1.82) is 0 Å². The topological polar surface area (TPSA) is 12.0 Å². The average molecular weight is 263 g/mol. The summed E-state index contributed by atoms with van der Waals surface area (Å²) in [6.07, 6.45) is 2.62. The zero-order chi connectivity index (χ0) is 13.0.